The number of anilines is 1. The molecule has 0 radical (unpaired) electrons. The highest BCUT2D eigenvalue weighted by Crippen LogP contribution is 2.31. The molecule has 2 heterocycles. The van der Waals surface area contributed by atoms with Gasteiger partial charge in [-0.05, 0) is 86.6 Å². The van der Waals surface area contributed by atoms with Crippen LogP contribution in [0.1, 0.15) is 11.1 Å². The van der Waals surface area contributed by atoms with Gasteiger partial charge in [0.15, 0.2) is 0 Å². The molecule has 0 bridgehead atoms. The number of nitrogens with zero attached hydrogens (tertiary/aromatic N) is 2. The van der Waals surface area contributed by atoms with Gasteiger partial charge in [0, 0.05) is 52.7 Å². The Bertz CT molecular complexity index is 2250. The number of fused-ring (bicyclic) bond motifs is 1. The van der Waals surface area contributed by atoms with Crippen molar-refractivity contribution in [3.05, 3.63) is 188 Å². The zero-order valence-corrected chi connectivity index (χ0v) is 26.7. The second-order valence-electron chi connectivity index (χ2n) is 11.7. The van der Waals surface area contributed by atoms with Crippen molar-refractivity contribution < 1.29 is 0 Å². The van der Waals surface area contributed by atoms with Gasteiger partial charge in [0.1, 0.15) is 0 Å². The van der Waals surface area contributed by atoms with Crippen LogP contribution in [0.5, 0.6) is 0 Å². The summed E-state index contributed by atoms with van der Waals surface area (Å²) in [5, 5.41) is 19.9. The van der Waals surface area contributed by atoms with Crippen molar-refractivity contribution in [1.29, 1.82) is 10.8 Å². The summed E-state index contributed by atoms with van der Waals surface area (Å²) in [5.41, 5.74) is 16.8. The van der Waals surface area contributed by atoms with Crippen LogP contribution in [-0.2, 0) is 0 Å². The lowest BCUT2D eigenvalue weighted by Gasteiger charge is -2.19. The maximum absolute atomic E-state index is 8.71. The fourth-order valence-electron chi connectivity index (χ4n) is 5.93. The zero-order valence-electron chi connectivity index (χ0n) is 26.7. The highest BCUT2D eigenvalue weighted by molar-refractivity contribution is 6.68. The largest absolute Gasteiger partial charge is 0.399 e. The first-order valence-electron chi connectivity index (χ1n) is 16.0. The molecule has 0 spiro atoms. The average Bonchev–Trinajstić information content (AvgIpc) is 3.17. The van der Waals surface area contributed by atoms with Crippen molar-refractivity contribution in [2.75, 3.05) is 5.73 Å². The van der Waals surface area contributed by atoms with E-state index < -0.39 is 0 Å². The van der Waals surface area contributed by atoms with Gasteiger partial charge in [0.05, 0.1) is 11.4 Å². The number of nitrogen functional groups attached to an aromatic ring is 1. The predicted molar refractivity (Wildman–Crippen MR) is 205 cm³/mol. The van der Waals surface area contributed by atoms with E-state index in [0.717, 1.165) is 50.2 Å². The minimum Gasteiger partial charge on any atom is -0.399 e. The molecule has 5 heteroatoms. The van der Waals surface area contributed by atoms with E-state index in [1.807, 2.05) is 109 Å². The summed E-state index contributed by atoms with van der Waals surface area (Å²) < 4.78 is 0. The molecule has 49 heavy (non-hydrogen) atoms. The first-order valence-corrected chi connectivity index (χ1v) is 16.0. The van der Waals surface area contributed by atoms with Gasteiger partial charge < -0.3 is 5.73 Å². The molecule has 1 aliphatic rings. The number of allylic oxidation sites excluding steroid dienone is 4. The molecular weight excluding hydrogens is 599 g/mol. The fraction of sp³-hybridized carbons (Fsp3) is 0. The van der Waals surface area contributed by atoms with Crippen LogP contribution in [0.3, 0.4) is 0 Å². The van der Waals surface area contributed by atoms with Crippen molar-refractivity contribution in [2.24, 2.45) is 0 Å². The molecular formula is C44H33N5. The third kappa shape index (κ3) is 6.87. The maximum Gasteiger partial charge on any atom is 0.0873 e. The second-order valence-corrected chi connectivity index (χ2v) is 11.7. The van der Waals surface area contributed by atoms with Crippen molar-refractivity contribution in [3.63, 3.8) is 0 Å². The normalized spacial score (nSPS) is 12.5. The van der Waals surface area contributed by atoms with Crippen LogP contribution in [0, 0.1) is 10.8 Å². The van der Waals surface area contributed by atoms with Gasteiger partial charge in [-0.15, -0.1) is 0 Å². The fourth-order valence-corrected chi connectivity index (χ4v) is 5.93. The molecule has 0 saturated heterocycles. The Morgan fingerprint density at radius 3 is 1.39 bits per heavy atom. The topological polar surface area (TPSA) is 99.5 Å². The summed E-state index contributed by atoms with van der Waals surface area (Å²) in [4.78, 5) is 8.40. The van der Waals surface area contributed by atoms with Crippen molar-refractivity contribution in [2.45, 2.75) is 0 Å². The van der Waals surface area contributed by atoms with E-state index >= 15 is 0 Å². The first kappa shape index (κ1) is 30.9. The molecule has 5 aromatic carbocycles. The monoisotopic (exact) mass is 631 g/mol. The summed E-state index contributed by atoms with van der Waals surface area (Å²) in [7, 11) is 0. The third-order valence-corrected chi connectivity index (χ3v) is 8.54. The first-order chi connectivity index (χ1) is 24.0. The molecule has 5 nitrogen and oxygen atoms in total. The van der Waals surface area contributed by atoms with E-state index in [-0.39, 0.29) is 11.4 Å². The molecule has 0 atom stereocenters. The molecule has 4 N–H and O–H groups in total. The number of aromatic nitrogens is 2. The minimum absolute atomic E-state index is 0.220. The smallest absolute Gasteiger partial charge is 0.0873 e. The number of rotatable bonds is 5. The summed E-state index contributed by atoms with van der Waals surface area (Å²) in [6, 6.07) is 46.8. The number of hydrogen-bond acceptors (Lipinski definition) is 5. The van der Waals surface area contributed by atoms with Crippen LogP contribution in [0.4, 0.5) is 5.69 Å². The molecule has 234 valence electrons. The number of hydrogen-bond donors (Lipinski definition) is 3. The lowest BCUT2D eigenvalue weighted by atomic mass is 9.85. The lowest BCUT2D eigenvalue weighted by Crippen LogP contribution is -2.18. The number of nitrogens with two attached hydrogens (primary N) is 1. The Balaban J connectivity index is 0.000000186. The summed E-state index contributed by atoms with van der Waals surface area (Å²) in [6.45, 7) is 0. The summed E-state index contributed by atoms with van der Waals surface area (Å²) >= 11 is 0. The van der Waals surface area contributed by atoms with Gasteiger partial charge in [0.25, 0.3) is 0 Å². The number of pyridine rings is 2. The van der Waals surface area contributed by atoms with Crippen molar-refractivity contribution >= 4 is 39.0 Å². The standard InChI is InChI=1S/C28H20N4.C16H13N/c29-27-25(21-7-1-5-19(15-21)23-9-3-13-31-17-23)11-12-26(28(27)30)22-8-2-6-20(16-22)24-10-4-14-32-18-24;17-16-9-7-13(8-10-16)15-6-5-12-3-1-2-4-14(12)11-15/h1-18,29-30H;1-11H,17H2. The van der Waals surface area contributed by atoms with E-state index in [9.17, 15) is 0 Å². The number of nitrogens with one attached hydrogen (secondary N) is 2. The molecule has 0 aliphatic heterocycles. The molecule has 8 rings (SSSR count). The van der Waals surface area contributed by atoms with Gasteiger partial charge in [-0.1, -0.05) is 109 Å². The Kier molecular flexibility index (Phi) is 8.80. The van der Waals surface area contributed by atoms with Crippen LogP contribution in [0.25, 0.3) is 55.3 Å². The minimum atomic E-state index is 0.220. The van der Waals surface area contributed by atoms with E-state index in [0.29, 0.717) is 0 Å². The third-order valence-electron chi connectivity index (χ3n) is 8.54. The molecule has 0 fully saturated rings. The Hall–Kier alpha value is -6.72. The second kappa shape index (κ2) is 14.0. The van der Waals surface area contributed by atoms with Gasteiger partial charge in [-0.3, -0.25) is 20.8 Å². The van der Waals surface area contributed by atoms with Gasteiger partial charge in [-0.2, -0.15) is 0 Å². The van der Waals surface area contributed by atoms with Crippen LogP contribution in [-0.4, -0.2) is 21.4 Å². The predicted octanol–water partition coefficient (Wildman–Crippen LogP) is 10.4. The SMILES string of the molecule is N=C1C(=N)C(c2cccc(-c3cccnc3)c2)=CC=C1c1cccc(-c2cccnc2)c1.Nc1ccc(-c2ccc3ccccc3c2)cc1. The highest BCUT2D eigenvalue weighted by Gasteiger charge is 2.22. The zero-order chi connectivity index (χ0) is 33.6. The maximum atomic E-state index is 8.71. The van der Waals surface area contributed by atoms with Crippen LogP contribution in [0.15, 0.2) is 176 Å². The molecule has 0 amide bonds. The van der Waals surface area contributed by atoms with Gasteiger partial charge in [-0.25, -0.2) is 0 Å². The van der Waals surface area contributed by atoms with E-state index in [4.69, 9.17) is 16.6 Å². The Morgan fingerprint density at radius 1 is 0.388 bits per heavy atom. The summed E-state index contributed by atoms with van der Waals surface area (Å²) in [5.74, 6) is 0. The van der Waals surface area contributed by atoms with Crippen LogP contribution in [0.2, 0.25) is 0 Å². The Labute approximate surface area is 285 Å². The molecule has 0 saturated carbocycles. The lowest BCUT2D eigenvalue weighted by molar-refractivity contribution is 1.33. The van der Waals surface area contributed by atoms with Gasteiger partial charge >= 0.3 is 0 Å². The summed E-state index contributed by atoms with van der Waals surface area (Å²) in [6.07, 6.45) is 11.0. The molecule has 1 aliphatic carbocycles. The molecule has 7 aromatic rings. The van der Waals surface area contributed by atoms with E-state index in [2.05, 4.69) is 64.6 Å². The molecule has 2 aromatic heterocycles. The highest BCUT2D eigenvalue weighted by atomic mass is 14.6. The van der Waals surface area contributed by atoms with Crippen molar-refractivity contribution in [3.8, 4) is 33.4 Å². The van der Waals surface area contributed by atoms with Gasteiger partial charge in [0.2, 0.25) is 0 Å². The van der Waals surface area contributed by atoms with E-state index in [1.54, 1.807) is 12.4 Å². The number of benzene rings is 5. The van der Waals surface area contributed by atoms with Crippen molar-refractivity contribution in [1.82, 2.24) is 9.97 Å². The molecule has 0 unspecified atom stereocenters. The van der Waals surface area contributed by atoms with Crippen LogP contribution >= 0.6 is 0 Å². The van der Waals surface area contributed by atoms with E-state index in [1.165, 1.54) is 21.9 Å². The Morgan fingerprint density at radius 2 is 0.857 bits per heavy atom. The average molecular weight is 632 g/mol. The van der Waals surface area contributed by atoms with Crippen LogP contribution < -0.4 is 5.73 Å². The quantitative estimate of drug-likeness (QED) is 0.130.